The minimum Gasteiger partial charge on any atom is -0.357 e. The summed E-state index contributed by atoms with van der Waals surface area (Å²) in [5, 5.41) is 6.24. The van der Waals surface area contributed by atoms with Gasteiger partial charge in [0.1, 0.15) is 5.84 Å². The van der Waals surface area contributed by atoms with E-state index in [4.69, 9.17) is 4.99 Å². The van der Waals surface area contributed by atoms with Gasteiger partial charge in [0.2, 0.25) is 0 Å². The number of hydrogen-bond donors (Lipinski definition) is 0. The molecular weight excluding hydrogens is 188 g/mol. The van der Waals surface area contributed by atoms with Gasteiger partial charge in [-0.25, -0.2) is 10.0 Å². The summed E-state index contributed by atoms with van der Waals surface area (Å²) in [6.07, 6.45) is 9.57. The Labute approximate surface area is 90.0 Å². The van der Waals surface area contributed by atoms with Crippen molar-refractivity contribution in [3.05, 3.63) is 12.3 Å². The van der Waals surface area contributed by atoms with Gasteiger partial charge in [0.15, 0.2) is 5.66 Å². The van der Waals surface area contributed by atoms with E-state index in [9.17, 15) is 0 Å². The summed E-state index contributed by atoms with van der Waals surface area (Å²) in [6.45, 7) is 4.44. The van der Waals surface area contributed by atoms with Crippen molar-refractivity contribution in [2.24, 2.45) is 10.1 Å². The molecule has 0 spiro atoms. The summed E-state index contributed by atoms with van der Waals surface area (Å²) in [6, 6.07) is 0. The van der Waals surface area contributed by atoms with E-state index in [1.807, 2.05) is 17.4 Å². The number of amidine groups is 1. The van der Waals surface area contributed by atoms with E-state index >= 15 is 0 Å². The molecule has 0 N–H and O–H groups in total. The molecule has 0 aromatic carbocycles. The highest BCUT2D eigenvalue weighted by atomic mass is 15.5. The number of rotatable bonds is 0. The summed E-state index contributed by atoms with van der Waals surface area (Å²) in [4.78, 5) is 7.19. The number of nitrogens with zero attached hydrogens (tertiary/aromatic N) is 4. The summed E-state index contributed by atoms with van der Waals surface area (Å²) >= 11 is 0. The Morgan fingerprint density at radius 2 is 2.13 bits per heavy atom. The number of aliphatic imine (C=N–C) groups is 1. The van der Waals surface area contributed by atoms with E-state index in [-0.39, 0.29) is 5.66 Å². The second-order valence-corrected chi connectivity index (χ2v) is 4.54. The van der Waals surface area contributed by atoms with Crippen LogP contribution in [-0.4, -0.2) is 40.7 Å². The van der Waals surface area contributed by atoms with Gasteiger partial charge in [0.25, 0.3) is 0 Å². The second kappa shape index (κ2) is 3.08. The van der Waals surface area contributed by atoms with Crippen LogP contribution in [0, 0.1) is 0 Å². The molecule has 3 aliphatic heterocycles. The van der Waals surface area contributed by atoms with E-state index in [0.29, 0.717) is 0 Å². The molecule has 15 heavy (non-hydrogen) atoms. The monoisotopic (exact) mass is 204 g/mol. The van der Waals surface area contributed by atoms with Crippen LogP contribution in [-0.2, 0) is 0 Å². The molecule has 1 unspecified atom stereocenters. The second-order valence-electron chi connectivity index (χ2n) is 4.54. The van der Waals surface area contributed by atoms with E-state index < -0.39 is 0 Å². The van der Waals surface area contributed by atoms with E-state index in [2.05, 4.69) is 23.0 Å². The largest absolute Gasteiger partial charge is 0.357 e. The molecule has 4 nitrogen and oxygen atoms in total. The zero-order chi connectivity index (χ0) is 10.3. The molecular formula is C11H16N4. The van der Waals surface area contributed by atoms with Crippen molar-refractivity contribution in [1.82, 2.24) is 9.91 Å². The SMILES string of the molecule is CC12CC=NN1C=CC(N1CCCC1)=N2. The van der Waals surface area contributed by atoms with Gasteiger partial charge in [0.05, 0.1) is 0 Å². The Balaban J connectivity index is 1.86. The highest BCUT2D eigenvalue weighted by molar-refractivity contribution is 5.94. The summed E-state index contributed by atoms with van der Waals surface area (Å²) < 4.78 is 0. The molecule has 80 valence electrons. The molecule has 0 saturated carbocycles. The fourth-order valence-corrected chi connectivity index (χ4v) is 2.36. The van der Waals surface area contributed by atoms with Gasteiger partial charge < -0.3 is 4.90 Å². The predicted octanol–water partition coefficient (Wildman–Crippen LogP) is 1.42. The Hall–Kier alpha value is -1.32. The normalized spacial score (nSPS) is 33.5. The molecule has 1 fully saturated rings. The fraction of sp³-hybridized carbons (Fsp3) is 0.636. The smallest absolute Gasteiger partial charge is 0.156 e. The first-order valence-corrected chi connectivity index (χ1v) is 5.63. The Kier molecular flexibility index (Phi) is 1.84. The third-order valence-electron chi connectivity index (χ3n) is 3.33. The summed E-state index contributed by atoms with van der Waals surface area (Å²) in [5.41, 5.74) is -0.160. The maximum Gasteiger partial charge on any atom is 0.156 e. The molecule has 0 aromatic heterocycles. The van der Waals surface area contributed by atoms with Crippen LogP contribution in [0.25, 0.3) is 0 Å². The average molecular weight is 204 g/mol. The van der Waals surface area contributed by atoms with Crippen LogP contribution in [0.3, 0.4) is 0 Å². The molecule has 0 radical (unpaired) electrons. The number of likely N-dealkylation sites (tertiary alicyclic amines) is 1. The molecule has 0 aliphatic carbocycles. The van der Waals surface area contributed by atoms with E-state index in [0.717, 1.165) is 25.3 Å². The standard InChI is InChI=1S/C11H16N4/c1-11-5-6-12-15(11)9-4-10(13-11)14-7-2-3-8-14/h4,6,9H,2-3,5,7-8H2,1H3. The third-order valence-corrected chi connectivity index (χ3v) is 3.33. The van der Waals surface area contributed by atoms with Gasteiger partial charge in [-0.3, -0.25) is 0 Å². The topological polar surface area (TPSA) is 31.2 Å². The van der Waals surface area contributed by atoms with Gasteiger partial charge in [-0.2, -0.15) is 5.10 Å². The van der Waals surface area contributed by atoms with Crippen molar-refractivity contribution < 1.29 is 0 Å². The molecule has 0 bridgehead atoms. The number of fused-ring (bicyclic) bond motifs is 1. The first kappa shape index (κ1) is 8.95. The van der Waals surface area contributed by atoms with Crippen molar-refractivity contribution in [1.29, 1.82) is 0 Å². The maximum absolute atomic E-state index is 4.81. The predicted molar refractivity (Wildman–Crippen MR) is 60.7 cm³/mol. The van der Waals surface area contributed by atoms with Crippen LogP contribution in [0.5, 0.6) is 0 Å². The van der Waals surface area contributed by atoms with Gasteiger partial charge >= 0.3 is 0 Å². The Morgan fingerprint density at radius 3 is 2.93 bits per heavy atom. The van der Waals surface area contributed by atoms with Crippen LogP contribution in [0.1, 0.15) is 26.2 Å². The molecule has 0 amide bonds. The average Bonchev–Trinajstić information content (AvgIpc) is 2.83. The lowest BCUT2D eigenvalue weighted by Crippen LogP contribution is -2.41. The van der Waals surface area contributed by atoms with Gasteiger partial charge in [0, 0.05) is 31.9 Å². The third kappa shape index (κ3) is 1.35. The number of hydrogen-bond acceptors (Lipinski definition) is 4. The molecule has 0 aromatic rings. The Morgan fingerprint density at radius 1 is 1.33 bits per heavy atom. The molecule has 3 heterocycles. The van der Waals surface area contributed by atoms with Crippen LogP contribution in [0.15, 0.2) is 22.4 Å². The maximum atomic E-state index is 4.81. The van der Waals surface area contributed by atoms with Crippen LogP contribution < -0.4 is 0 Å². The van der Waals surface area contributed by atoms with Crippen molar-refractivity contribution in [3.63, 3.8) is 0 Å². The van der Waals surface area contributed by atoms with Gasteiger partial charge in [-0.15, -0.1) is 0 Å². The molecule has 1 saturated heterocycles. The zero-order valence-corrected chi connectivity index (χ0v) is 9.06. The van der Waals surface area contributed by atoms with Crippen LogP contribution in [0.4, 0.5) is 0 Å². The minimum absolute atomic E-state index is 0.160. The fourth-order valence-electron chi connectivity index (χ4n) is 2.36. The molecule has 4 heteroatoms. The van der Waals surface area contributed by atoms with Crippen molar-refractivity contribution in [3.8, 4) is 0 Å². The first-order chi connectivity index (χ1) is 7.28. The highest BCUT2D eigenvalue weighted by Gasteiger charge is 2.36. The van der Waals surface area contributed by atoms with Crippen molar-refractivity contribution >= 4 is 12.1 Å². The van der Waals surface area contributed by atoms with Crippen LogP contribution in [0.2, 0.25) is 0 Å². The number of hydrazone groups is 1. The Bertz CT molecular complexity index is 352. The lowest BCUT2D eigenvalue weighted by atomic mass is 10.1. The zero-order valence-electron chi connectivity index (χ0n) is 9.06. The minimum atomic E-state index is -0.160. The van der Waals surface area contributed by atoms with Gasteiger partial charge in [-0.05, 0) is 25.8 Å². The van der Waals surface area contributed by atoms with Crippen LogP contribution >= 0.6 is 0 Å². The molecule has 3 aliphatic rings. The van der Waals surface area contributed by atoms with E-state index in [1.165, 1.54) is 12.8 Å². The summed E-state index contributed by atoms with van der Waals surface area (Å²) in [7, 11) is 0. The van der Waals surface area contributed by atoms with E-state index in [1.54, 1.807) is 0 Å². The molecule has 3 rings (SSSR count). The van der Waals surface area contributed by atoms with Crippen molar-refractivity contribution in [2.75, 3.05) is 13.1 Å². The first-order valence-electron chi connectivity index (χ1n) is 5.63. The van der Waals surface area contributed by atoms with Gasteiger partial charge in [-0.1, -0.05) is 0 Å². The lowest BCUT2D eigenvalue weighted by molar-refractivity contribution is 0.206. The summed E-state index contributed by atoms with van der Waals surface area (Å²) in [5.74, 6) is 1.14. The van der Waals surface area contributed by atoms with Crippen molar-refractivity contribution in [2.45, 2.75) is 31.8 Å². The highest BCUT2D eigenvalue weighted by Crippen LogP contribution is 2.29. The lowest BCUT2D eigenvalue weighted by Gasteiger charge is -2.33. The molecule has 1 atom stereocenters. The quantitative estimate of drug-likeness (QED) is 0.597.